The average molecular weight is 346 g/mol. The molecule has 1 unspecified atom stereocenters. The van der Waals surface area contributed by atoms with Crippen LogP contribution in [-0.4, -0.2) is 28.8 Å². The molecular weight excluding hydrogens is 327 g/mol. The molecule has 0 aliphatic heterocycles. The van der Waals surface area contributed by atoms with E-state index in [4.69, 9.17) is 0 Å². The Bertz CT molecular complexity index is 728. The molecular formula is C18H19FN2O2S. The maximum Gasteiger partial charge on any atom is 0.261 e. The third kappa shape index (κ3) is 4.00. The molecule has 126 valence electrons. The zero-order valence-electron chi connectivity index (χ0n) is 13.4. The molecule has 0 spiro atoms. The quantitative estimate of drug-likeness (QED) is 0.873. The number of halogens is 1. The van der Waals surface area contributed by atoms with Crippen LogP contribution in [-0.2, 0) is 11.3 Å². The number of carbonyl (C=O) groups is 2. The monoisotopic (exact) mass is 346 g/mol. The van der Waals surface area contributed by atoms with Gasteiger partial charge in [-0.05, 0) is 48.9 Å². The first-order chi connectivity index (χ1) is 11.5. The molecule has 24 heavy (non-hydrogen) atoms. The second-order valence-electron chi connectivity index (χ2n) is 6.00. The predicted octanol–water partition coefficient (Wildman–Crippen LogP) is 3.20. The number of carbonyl (C=O) groups excluding carboxylic acids is 2. The fourth-order valence-electron chi connectivity index (χ4n) is 2.59. The lowest BCUT2D eigenvalue weighted by Crippen LogP contribution is -2.47. The number of benzene rings is 1. The molecule has 1 fully saturated rings. The zero-order valence-corrected chi connectivity index (χ0v) is 14.2. The van der Waals surface area contributed by atoms with Crippen LogP contribution in [0.25, 0.3) is 0 Å². The van der Waals surface area contributed by atoms with Crippen LogP contribution in [0.2, 0.25) is 0 Å². The van der Waals surface area contributed by atoms with E-state index in [0.717, 1.165) is 18.4 Å². The van der Waals surface area contributed by atoms with Crippen LogP contribution in [0.4, 0.5) is 4.39 Å². The number of nitrogens with one attached hydrogen (secondary N) is 1. The van der Waals surface area contributed by atoms with Gasteiger partial charge in [0.2, 0.25) is 5.91 Å². The van der Waals surface area contributed by atoms with E-state index in [2.05, 4.69) is 5.32 Å². The summed E-state index contributed by atoms with van der Waals surface area (Å²) in [6.07, 6.45) is 1.90. The minimum absolute atomic E-state index is 0.133. The molecule has 0 saturated heterocycles. The van der Waals surface area contributed by atoms with E-state index in [9.17, 15) is 14.0 Å². The van der Waals surface area contributed by atoms with Gasteiger partial charge >= 0.3 is 0 Å². The molecule has 3 rings (SSSR count). The molecule has 2 aromatic rings. The first kappa shape index (κ1) is 16.6. The number of thiophene rings is 1. The Morgan fingerprint density at radius 3 is 2.75 bits per heavy atom. The SMILES string of the molecule is CC(NC(=O)c1cccs1)C(=O)N(Cc1cccc(F)c1)C1CC1. The first-order valence-corrected chi connectivity index (χ1v) is 8.82. The Morgan fingerprint density at radius 2 is 2.12 bits per heavy atom. The van der Waals surface area contributed by atoms with Gasteiger partial charge in [0, 0.05) is 12.6 Å². The van der Waals surface area contributed by atoms with Gasteiger partial charge in [-0.15, -0.1) is 11.3 Å². The van der Waals surface area contributed by atoms with Crippen molar-refractivity contribution in [2.75, 3.05) is 0 Å². The molecule has 1 aliphatic rings. The topological polar surface area (TPSA) is 49.4 Å². The van der Waals surface area contributed by atoms with Crippen LogP contribution in [0.5, 0.6) is 0 Å². The third-order valence-electron chi connectivity index (χ3n) is 3.98. The van der Waals surface area contributed by atoms with Crippen LogP contribution < -0.4 is 5.32 Å². The fraction of sp³-hybridized carbons (Fsp3) is 0.333. The minimum Gasteiger partial charge on any atom is -0.340 e. The highest BCUT2D eigenvalue weighted by molar-refractivity contribution is 7.12. The second-order valence-corrected chi connectivity index (χ2v) is 6.95. The van der Waals surface area contributed by atoms with Crippen molar-refractivity contribution < 1.29 is 14.0 Å². The van der Waals surface area contributed by atoms with Crippen molar-refractivity contribution in [3.8, 4) is 0 Å². The van der Waals surface area contributed by atoms with Gasteiger partial charge in [0.15, 0.2) is 0 Å². The second kappa shape index (κ2) is 7.13. The highest BCUT2D eigenvalue weighted by Crippen LogP contribution is 2.29. The van der Waals surface area contributed by atoms with Gasteiger partial charge in [-0.3, -0.25) is 9.59 Å². The zero-order chi connectivity index (χ0) is 17.1. The maximum atomic E-state index is 13.4. The van der Waals surface area contributed by atoms with E-state index < -0.39 is 6.04 Å². The van der Waals surface area contributed by atoms with E-state index in [0.29, 0.717) is 11.4 Å². The van der Waals surface area contributed by atoms with Gasteiger partial charge in [0.05, 0.1) is 4.88 Å². The Labute approximate surface area is 144 Å². The molecule has 4 nitrogen and oxygen atoms in total. The summed E-state index contributed by atoms with van der Waals surface area (Å²) in [5, 5.41) is 4.57. The summed E-state index contributed by atoms with van der Waals surface area (Å²) in [6, 6.07) is 9.36. The molecule has 1 saturated carbocycles. The lowest BCUT2D eigenvalue weighted by atomic mass is 10.2. The molecule has 0 radical (unpaired) electrons. The number of hydrogen-bond donors (Lipinski definition) is 1. The van der Waals surface area contributed by atoms with Crippen molar-refractivity contribution in [3.05, 3.63) is 58.0 Å². The van der Waals surface area contributed by atoms with Crippen LogP contribution in [0.3, 0.4) is 0 Å². The average Bonchev–Trinajstić information content (AvgIpc) is 3.24. The van der Waals surface area contributed by atoms with Crippen molar-refractivity contribution in [1.29, 1.82) is 0 Å². The highest BCUT2D eigenvalue weighted by Gasteiger charge is 2.35. The molecule has 1 aliphatic carbocycles. The molecule has 1 N–H and O–H groups in total. The predicted molar refractivity (Wildman–Crippen MR) is 91.2 cm³/mol. The Kier molecular flexibility index (Phi) is 4.94. The lowest BCUT2D eigenvalue weighted by molar-refractivity contribution is -0.134. The third-order valence-corrected chi connectivity index (χ3v) is 4.84. The Balaban J connectivity index is 1.66. The molecule has 2 amide bonds. The van der Waals surface area contributed by atoms with Crippen molar-refractivity contribution in [3.63, 3.8) is 0 Å². The van der Waals surface area contributed by atoms with Crippen LogP contribution in [0.15, 0.2) is 41.8 Å². The largest absolute Gasteiger partial charge is 0.340 e. The van der Waals surface area contributed by atoms with E-state index in [1.54, 1.807) is 36.1 Å². The molecule has 1 aromatic carbocycles. The molecule has 0 bridgehead atoms. The van der Waals surface area contributed by atoms with Gasteiger partial charge in [-0.1, -0.05) is 18.2 Å². The number of nitrogens with zero attached hydrogens (tertiary/aromatic N) is 1. The summed E-state index contributed by atoms with van der Waals surface area (Å²) < 4.78 is 13.4. The standard InChI is InChI=1S/C18H19FN2O2S/c1-12(20-17(22)16-6-3-9-24-16)18(23)21(15-7-8-15)11-13-4-2-5-14(19)10-13/h2-6,9-10,12,15H,7-8,11H2,1H3,(H,20,22). The minimum atomic E-state index is -0.617. The summed E-state index contributed by atoms with van der Waals surface area (Å²) in [4.78, 5) is 27.2. The van der Waals surface area contributed by atoms with E-state index in [1.165, 1.54) is 23.5 Å². The summed E-state index contributed by atoms with van der Waals surface area (Å²) in [6.45, 7) is 2.05. The van der Waals surface area contributed by atoms with E-state index in [-0.39, 0.29) is 23.7 Å². The van der Waals surface area contributed by atoms with Gasteiger partial charge < -0.3 is 10.2 Å². The van der Waals surface area contributed by atoms with Gasteiger partial charge in [-0.25, -0.2) is 4.39 Å². The van der Waals surface area contributed by atoms with Gasteiger partial charge in [0.1, 0.15) is 11.9 Å². The number of amides is 2. The first-order valence-electron chi connectivity index (χ1n) is 7.94. The molecule has 1 aromatic heterocycles. The summed E-state index contributed by atoms with van der Waals surface area (Å²) in [5.41, 5.74) is 0.757. The van der Waals surface area contributed by atoms with Crippen LogP contribution in [0, 0.1) is 5.82 Å². The molecule has 1 heterocycles. The van der Waals surface area contributed by atoms with Crippen LogP contribution >= 0.6 is 11.3 Å². The van der Waals surface area contributed by atoms with Crippen molar-refractivity contribution >= 4 is 23.2 Å². The summed E-state index contributed by atoms with van der Waals surface area (Å²) in [5.74, 6) is -0.686. The molecule has 6 heteroatoms. The van der Waals surface area contributed by atoms with E-state index >= 15 is 0 Å². The van der Waals surface area contributed by atoms with Gasteiger partial charge in [0.25, 0.3) is 5.91 Å². The Morgan fingerprint density at radius 1 is 1.33 bits per heavy atom. The van der Waals surface area contributed by atoms with Crippen molar-refractivity contribution in [2.45, 2.75) is 38.4 Å². The normalized spacial score (nSPS) is 14.9. The fourth-order valence-corrected chi connectivity index (χ4v) is 3.22. The summed E-state index contributed by atoms with van der Waals surface area (Å²) in [7, 11) is 0. The lowest BCUT2D eigenvalue weighted by Gasteiger charge is -2.26. The number of rotatable bonds is 6. The smallest absolute Gasteiger partial charge is 0.261 e. The summed E-state index contributed by atoms with van der Waals surface area (Å²) >= 11 is 1.34. The van der Waals surface area contributed by atoms with Gasteiger partial charge in [-0.2, -0.15) is 0 Å². The Hall–Kier alpha value is -2.21. The van der Waals surface area contributed by atoms with Crippen LogP contribution in [0.1, 0.15) is 35.0 Å². The number of hydrogen-bond acceptors (Lipinski definition) is 3. The highest BCUT2D eigenvalue weighted by atomic mass is 32.1. The van der Waals surface area contributed by atoms with Crippen molar-refractivity contribution in [2.24, 2.45) is 0 Å². The maximum absolute atomic E-state index is 13.4. The van der Waals surface area contributed by atoms with Crippen molar-refractivity contribution in [1.82, 2.24) is 10.2 Å². The molecule has 1 atom stereocenters. The van der Waals surface area contributed by atoms with E-state index in [1.807, 2.05) is 5.38 Å².